The van der Waals surface area contributed by atoms with Gasteiger partial charge in [-0.3, -0.25) is 0 Å². The van der Waals surface area contributed by atoms with Gasteiger partial charge in [0, 0.05) is 11.5 Å². The van der Waals surface area contributed by atoms with E-state index < -0.39 is 0 Å². The number of benzene rings is 1. The average molecular weight is 175 g/mol. The molecule has 1 heteroatoms. The first kappa shape index (κ1) is 8.76. The standard InChI is InChI=1S/C12H17N/c1-3-12(13-2)9-11(12)10-7-5-4-6-8-10/h4-8,11,13H,3,9H2,1-2H3/t11-,12-/m1/s1. The van der Waals surface area contributed by atoms with Crippen LogP contribution in [0.3, 0.4) is 0 Å². The molecular formula is C12H17N. The molecule has 1 aromatic carbocycles. The van der Waals surface area contributed by atoms with Crippen LogP contribution in [0.15, 0.2) is 30.3 Å². The van der Waals surface area contributed by atoms with Crippen LogP contribution < -0.4 is 5.32 Å². The van der Waals surface area contributed by atoms with E-state index in [4.69, 9.17) is 0 Å². The second-order valence-electron chi connectivity index (χ2n) is 3.93. The third kappa shape index (κ3) is 1.37. The molecule has 0 aromatic heterocycles. The van der Waals surface area contributed by atoms with Crippen molar-refractivity contribution in [2.45, 2.75) is 31.2 Å². The Morgan fingerprint density at radius 2 is 2.08 bits per heavy atom. The van der Waals surface area contributed by atoms with E-state index in [-0.39, 0.29) is 0 Å². The van der Waals surface area contributed by atoms with Crippen molar-refractivity contribution >= 4 is 0 Å². The summed E-state index contributed by atoms with van der Waals surface area (Å²) in [4.78, 5) is 0. The van der Waals surface area contributed by atoms with Gasteiger partial charge in [0.15, 0.2) is 0 Å². The van der Waals surface area contributed by atoms with Crippen molar-refractivity contribution in [3.05, 3.63) is 35.9 Å². The summed E-state index contributed by atoms with van der Waals surface area (Å²) in [5, 5.41) is 3.45. The molecule has 1 fully saturated rings. The summed E-state index contributed by atoms with van der Waals surface area (Å²) in [7, 11) is 2.08. The molecule has 2 rings (SSSR count). The van der Waals surface area contributed by atoms with Gasteiger partial charge in [-0.1, -0.05) is 37.3 Å². The van der Waals surface area contributed by atoms with Crippen molar-refractivity contribution in [3.8, 4) is 0 Å². The Kier molecular flexibility index (Phi) is 2.12. The lowest BCUT2D eigenvalue weighted by atomic mass is 10.0. The Balaban J connectivity index is 2.15. The van der Waals surface area contributed by atoms with Gasteiger partial charge in [0.1, 0.15) is 0 Å². The fourth-order valence-electron chi connectivity index (χ4n) is 2.27. The maximum Gasteiger partial charge on any atom is 0.0251 e. The number of likely N-dealkylation sites (N-methyl/N-ethyl adjacent to an activating group) is 1. The van der Waals surface area contributed by atoms with E-state index in [2.05, 4.69) is 49.6 Å². The average Bonchev–Trinajstić information content (AvgIpc) is 2.95. The largest absolute Gasteiger partial charge is 0.314 e. The summed E-state index contributed by atoms with van der Waals surface area (Å²) in [6.07, 6.45) is 2.52. The second kappa shape index (κ2) is 3.15. The van der Waals surface area contributed by atoms with Gasteiger partial charge in [0.05, 0.1) is 0 Å². The van der Waals surface area contributed by atoms with Gasteiger partial charge in [-0.2, -0.15) is 0 Å². The topological polar surface area (TPSA) is 12.0 Å². The number of nitrogens with one attached hydrogen (secondary N) is 1. The normalized spacial score (nSPS) is 31.7. The fraction of sp³-hybridized carbons (Fsp3) is 0.500. The van der Waals surface area contributed by atoms with E-state index in [0.29, 0.717) is 5.54 Å². The highest BCUT2D eigenvalue weighted by Gasteiger charge is 2.51. The molecule has 1 aromatic rings. The molecule has 0 saturated heterocycles. The Morgan fingerprint density at radius 1 is 1.38 bits per heavy atom. The highest BCUT2D eigenvalue weighted by atomic mass is 15.0. The van der Waals surface area contributed by atoms with Gasteiger partial charge in [0.25, 0.3) is 0 Å². The maximum atomic E-state index is 3.45. The summed E-state index contributed by atoms with van der Waals surface area (Å²) < 4.78 is 0. The van der Waals surface area contributed by atoms with Gasteiger partial charge in [-0.25, -0.2) is 0 Å². The van der Waals surface area contributed by atoms with Crippen molar-refractivity contribution in [2.75, 3.05) is 7.05 Å². The van der Waals surface area contributed by atoms with Crippen LogP contribution in [0.4, 0.5) is 0 Å². The molecule has 1 saturated carbocycles. The number of rotatable bonds is 3. The van der Waals surface area contributed by atoms with Gasteiger partial charge < -0.3 is 5.32 Å². The molecule has 13 heavy (non-hydrogen) atoms. The Bertz CT molecular complexity index is 274. The quantitative estimate of drug-likeness (QED) is 0.744. The molecule has 1 nitrogen and oxygen atoms in total. The molecule has 0 spiro atoms. The van der Waals surface area contributed by atoms with Crippen LogP contribution in [0.1, 0.15) is 31.2 Å². The predicted molar refractivity (Wildman–Crippen MR) is 55.9 cm³/mol. The first-order chi connectivity index (χ1) is 6.32. The first-order valence-corrected chi connectivity index (χ1v) is 5.06. The van der Waals surface area contributed by atoms with E-state index in [9.17, 15) is 0 Å². The van der Waals surface area contributed by atoms with E-state index in [1.165, 1.54) is 18.4 Å². The van der Waals surface area contributed by atoms with Gasteiger partial charge in [-0.15, -0.1) is 0 Å². The molecule has 1 N–H and O–H groups in total. The molecule has 0 bridgehead atoms. The zero-order chi connectivity index (χ0) is 9.31. The van der Waals surface area contributed by atoms with Crippen LogP contribution in [0.5, 0.6) is 0 Å². The van der Waals surface area contributed by atoms with Gasteiger partial charge >= 0.3 is 0 Å². The van der Waals surface area contributed by atoms with Crippen molar-refractivity contribution in [1.29, 1.82) is 0 Å². The Labute approximate surface area is 80.2 Å². The molecule has 70 valence electrons. The minimum absolute atomic E-state index is 0.404. The maximum absolute atomic E-state index is 3.45. The van der Waals surface area contributed by atoms with Crippen LogP contribution in [-0.4, -0.2) is 12.6 Å². The molecule has 0 unspecified atom stereocenters. The molecule has 0 heterocycles. The minimum atomic E-state index is 0.404. The second-order valence-corrected chi connectivity index (χ2v) is 3.93. The molecular weight excluding hydrogens is 158 g/mol. The molecule has 1 aliphatic rings. The number of hydrogen-bond acceptors (Lipinski definition) is 1. The molecule has 0 amide bonds. The zero-order valence-electron chi connectivity index (χ0n) is 8.38. The first-order valence-electron chi connectivity index (χ1n) is 5.06. The van der Waals surface area contributed by atoms with Crippen LogP contribution in [-0.2, 0) is 0 Å². The van der Waals surface area contributed by atoms with E-state index in [0.717, 1.165) is 5.92 Å². The van der Waals surface area contributed by atoms with Crippen LogP contribution in [0.25, 0.3) is 0 Å². The third-order valence-corrected chi connectivity index (χ3v) is 3.41. The predicted octanol–water partition coefficient (Wildman–Crippen LogP) is 2.54. The van der Waals surface area contributed by atoms with E-state index in [1.807, 2.05) is 0 Å². The summed E-state index contributed by atoms with van der Waals surface area (Å²) >= 11 is 0. The van der Waals surface area contributed by atoms with Crippen molar-refractivity contribution < 1.29 is 0 Å². The third-order valence-electron chi connectivity index (χ3n) is 3.41. The van der Waals surface area contributed by atoms with Crippen molar-refractivity contribution in [3.63, 3.8) is 0 Å². The molecule has 0 radical (unpaired) electrons. The summed E-state index contributed by atoms with van der Waals surface area (Å²) in [6, 6.07) is 10.8. The SMILES string of the molecule is CC[C@@]1(NC)C[C@@H]1c1ccccc1. The molecule has 1 aliphatic carbocycles. The Hall–Kier alpha value is -0.820. The van der Waals surface area contributed by atoms with Gasteiger partial charge in [-0.05, 0) is 25.5 Å². The Morgan fingerprint density at radius 3 is 2.54 bits per heavy atom. The summed E-state index contributed by atoms with van der Waals surface area (Å²) in [6.45, 7) is 2.26. The van der Waals surface area contributed by atoms with E-state index in [1.54, 1.807) is 0 Å². The molecule has 2 atom stereocenters. The van der Waals surface area contributed by atoms with Crippen LogP contribution >= 0.6 is 0 Å². The van der Waals surface area contributed by atoms with Crippen LogP contribution in [0, 0.1) is 0 Å². The van der Waals surface area contributed by atoms with E-state index >= 15 is 0 Å². The monoisotopic (exact) mass is 175 g/mol. The lowest BCUT2D eigenvalue weighted by Gasteiger charge is -2.13. The zero-order valence-corrected chi connectivity index (χ0v) is 8.38. The van der Waals surface area contributed by atoms with Gasteiger partial charge in [0.2, 0.25) is 0 Å². The van der Waals surface area contributed by atoms with Crippen molar-refractivity contribution in [2.24, 2.45) is 0 Å². The fourth-order valence-corrected chi connectivity index (χ4v) is 2.27. The lowest BCUT2D eigenvalue weighted by Crippen LogP contribution is -2.28. The minimum Gasteiger partial charge on any atom is -0.314 e. The highest BCUT2D eigenvalue weighted by Crippen LogP contribution is 2.53. The highest BCUT2D eigenvalue weighted by molar-refractivity contribution is 5.32. The van der Waals surface area contributed by atoms with Crippen molar-refractivity contribution in [1.82, 2.24) is 5.32 Å². The number of hydrogen-bond donors (Lipinski definition) is 1. The lowest BCUT2D eigenvalue weighted by molar-refractivity contribution is 0.516. The van der Waals surface area contributed by atoms with Crippen LogP contribution in [0.2, 0.25) is 0 Å². The summed E-state index contributed by atoms with van der Waals surface area (Å²) in [5.74, 6) is 0.740. The smallest absolute Gasteiger partial charge is 0.0251 e. The summed E-state index contributed by atoms with van der Waals surface area (Å²) in [5.41, 5.74) is 1.89. The molecule has 0 aliphatic heterocycles.